The van der Waals surface area contributed by atoms with Crippen LogP contribution in [0, 0.1) is 0 Å². The molecule has 0 bridgehead atoms. The number of carbonyl (C=O) groups is 2. The summed E-state index contributed by atoms with van der Waals surface area (Å²) < 4.78 is 44.1. The summed E-state index contributed by atoms with van der Waals surface area (Å²) in [6.07, 6.45) is 1.42. The molecule has 0 radical (unpaired) electrons. The van der Waals surface area contributed by atoms with Gasteiger partial charge in [-0.1, -0.05) is 18.2 Å². The van der Waals surface area contributed by atoms with E-state index >= 15 is 0 Å². The molecular weight excluding hydrogens is 548 g/mol. The topological polar surface area (TPSA) is 127 Å². The van der Waals surface area contributed by atoms with Crippen LogP contribution in [0.15, 0.2) is 88.9 Å². The molecule has 0 aliphatic carbocycles. The Morgan fingerprint density at radius 3 is 2.24 bits per heavy atom. The molecule has 1 aliphatic heterocycles. The number of hydrogen-bond acceptors (Lipinski definition) is 8. The van der Waals surface area contributed by atoms with Crippen molar-refractivity contribution >= 4 is 33.7 Å². The van der Waals surface area contributed by atoms with Crippen LogP contribution in [0.1, 0.15) is 12.5 Å². The highest BCUT2D eigenvalue weighted by Gasteiger charge is 2.27. The van der Waals surface area contributed by atoms with Crippen LogP contribution in [-0.2, 0) is 24.3 Å². The molecule has 1 saturated heterocycles. The van der Waals surface area contributed by atoms with E-state index in [0.29, 0.717) is 55.7 Å². The number of ether oxygens (including phenoxy) is 3. The Hall–Kier alpha value is -4.42. The number of carbonyl (C=O) groups excluding carboxylic acids is 2. The Bertz CT molecular complexity index is 1420. The number of hydrogen-bond donors (Lipinski definition) is 1. The highest BCUT2D eigenvalue weighted by atomic mass is 32.2. The Kier molecular flexibility index (Phi) is 10.3. The first-order chi connectivity index (χ1) is 19.9. The average Bonchev–Trinajstić information content (AvgIpc) is 3.01. The minimum absolute atomic E-state index is 0.0548. The van der Waals surface area contributed by atoms with Crippen molar-refractivity contribution < 1.29 is 32.2 Å². The lowest BCUT2D eigenvalue weighted by molar-refractivity contribution is -0.137. The summed E-state index contributed by atoms with van der Waals surface area (Å²) in [6.45, 7) is 3.92. The standard InChI is InChI=1S/C29H32N4O7S/c1-2-39-25-14-10-24(11-15-25)33(41(36,37)27-6-4-3-5-7-27)21-28(34)31-30-20-23-8-12-26(13-9-23)40-22-29(35)32-16-18-38-19-17-32/h3-15,20H,2,16-19,21-22H2,1H3,(H,31,34)/b30-20-. The maximum absolute atomic E-state index is 13.4. The molecule has 11 nitrogen and oxygen atoms in total. The fourth-order valence-corrected chi connectivity index (χ4v) is 5.40. The van der Waals surface area contributed by atoms with E-state index in [1.165, 1.54) is 18.3 Å². The second kappa shape index (κ2) is 14.3. The van der Waals surface area contributed by atoms with Gasteiger partial charge in [0.05, 0.1) is 36.6 Å². The van der Waals surface area contributed by atoms with Crippen molar-refractivity contribution in [2.45, 2.75) is 11.8 Å². The molecule has 0 saturated carbocycles. The van der Waals surface area contributed by atoms with Gasteiger partial charge in [0.2, 0.25) is 0 Å². The molecule has 0 spiro atoms. The molecule has 0 aromatic heterocycles. The number of benzene rings is 3. The third-order valence-electron chi connectivity index (χ3n) is 6.06. The van der Waals surface area contributed by atoms with E-state index in [0.717, 1.165) is 4.31 Å². The minimum atomic E-state index is -4.04. The number of morpholine rings is 1. The Labute approximate surface area is 239 Å². The van der Waals surface area contributed by atoms with Crippen LogP contribution in [0.5, 0.6) is 11.5 Å². The zero-order chi connectivity index (χ0) is 29.1. The molecule has 1 fully saturated rings. The Balaban J connectivity index is 1.36. The summed E-state index contributed by atoms with van der Waals surface area (Å²) in [5, 5.41) is 3.97. The van der Waals surface area contributed by atoms with Gasteiger partial charge in [0.1, 0.15) is 18.0 Å². The van der Waals surface area contributed by atoms with Crippen LogP contribution in [0.2, 0.25) is 0 Å². The lowest BCUT2D eigenvalue weighted by Crippen LogP contribution is -2.42. The van der Waals surface area contributed by atoms with Gasteiger partial charge in [-0.15, -0.1) is 0 Å². The van der Waals surface area contributed by atoms with Crippen LogP contribution in [-0.4, -0.2) is 77.4 Å². The number of anilines is 1. The van der Waals surface area contributed by atoms with Gasteiger partial charge in [0.15, 0.2) is 6.61 Å². The fourth-order valence-electron chi connectivity index (χ4n) is 3.95. The Morgan fingerprint density at radius 2 is 1.59 bits per heavy atom. The molecule has 4 rings (SSSR count). The van der Waals surface area contributed by atoms with E-state index < -0.39 is 22.5 Å². The highest BCUT2D eigenvalue weighted by molar-refractivity contribution is 7.92. The van der Waals surface area contributed by atoms with Gasteiger partial charge in [0, 0.05) is 13.1 Å². The van der Waals surface area contributed by atoms with Gasteiger partial charge in [-0.05, 0) is 73.2 Å². The smallest absolute Gasteiger partial charge is 0.264 e. The van der Waals surface area contributed by atoms with Crippen molar-refractivity contribution in [1.29, 1.82) is 0 Å². The molecule has 216 valence electrons. The number of amides is 2. The van der Waals surface area contributed by atoms with Crippen molar-refractivity contribution in [2.75, 3.05) is 50.4 Å². The zero-order valence-corrected chi connectivity index (χ0v) is 23.5. The first kappa shape index (κ1) is 29.6. The Morgan fingerprint density at radius 1 is 0.951 bits per heavy atom. The van der Waals surface area contributed by atoms with E-state index in [1.54, 1.807) is 71.6 Å². The van der Waals surface area contributed by atoms with Crippen LogP contribution < -0.4 is 19.2 Å². The number of nitrogens with zero attached hydrogens (tertiary/aromatic N) is 3. The van der Waals surface area contributed by atoms with Gasteiger partial charge in [-0.3, -0.25) is 13.9 Å². The van der Waals surface area contributed by atoms with Gasteiger partial charge < -0.3 is 19.1 Å². The average molecular weight is 581 g/mol. The fraction of sp³-hybridized carbons (Fsp3) is 0.276. The van der Waals surface area contributed by atoms with Crippen molar-refractivity contribution in [1.82, 2.24) is 10.3 Å². The molecule has 1 heterocycles. The van der Waals surface area contributed by atoms with Crippen LogP contribution in [0.3, 0.4) is 0 Å². The molecular formula is C29H32N4O7S. The summed E-state index contributed by atoms with van der Waals surface area (Å²) in [5.74, 6) is 0.374. The third kappa shape index (κ3) is 8.29. The normalized spacial score (nSPS) is 13.5. The number of hydrazone groups is 1. The predicted molar refractivity (Wildman–Crippen MR) is 154 cm³/mol. The molecule has 1 aliphatic rings. The van der Waals surface area contributed by atoms with E-state index in [-0.39, 0.29) is 17.4 Å². The number of rotatable bonds is 12. The van der Waals surface area contributed by atoms with Gasteiger partial charge in [-0.2, -0.15) is 5.10 Å². The van der Waals surface area contributed by atoms with Crippen molar-refractivity contribution in [3.8, 4) is 11.5 Å². The van der Waals surface area contributed by atoms with Gasteiger partial charge in [0.25, 0.3) is 21.8 Å². The van der Waals surface area contributed by atoms with E-state index in [2.05, 4.69) is 10.5 Å². The van der Waals surface area contributed by atoms with Gasteiger partial charge >= 0.3 is 0 Å². The maximum atomic E-state index is 13.4. The summed E-state index contributed by atoms with van der Waals surface area (Å²) in [5.41, 5.74) is 3.35. The molecule has 41 heavy (non-hydrogen) atoms. The SMILES string of the molecule is CCOc1ccc(N(CC(=O)N/N=C\c2ccc(OCC(=O)N3CCOCC3)cc2)S(=O)(=O)c2ccccc2)cc1. The zero-order valence-electron chi connectivity index (χ0n) is 22.6. The first-order valence-corrected chi connectivity index (χ1v) is 14.5. The molecule has 0 atom stereocenters. The summed E-state index contributed by atoms with van der Waals surface area (Å²) in [6, 6.07) is 21.2. The molecule has 3 aromatic carbocycles. The molecule has 0 unspecified atom stereocenters. The first-order valence-electron chi connectivity index (χ1n) is 13.1. The highest BCUT2D eigenvalue weighted by Crippen LogP contribution is 2.25. The van der Waals surface area contributed by atoms with Crippen molar-refractivity contribution in [3.05, 3.63) is 84.4 Å². The summed E-state index contributed by atoms with van der Waals surface area (Å²) in [4.78, 5) is 26.8. The second-order valence-electron chi connectivity index (χ2n) is 8.90. The second-order valence-corrected chi connectivity index (χ2v) is 10.8. The summed E-state index contributed by atoms with van der Waals surface area (Å²) in [7, 11) is -4.04. The van der Waals surface area contributed by atoms with Crippen molar-refractivity contribution in [3.63, 3.8) is 0 Å². The number of sulfonamides is 1. The lowest BCUT2D eigenvalue weighted by Gasteiger charge is -2.26. The van der Waals surface area contributed by atoms with Crippen LogP contribution >= 0.6 is 0 Å². The maximum Gasteiger partial charge on any atom is 0.264 e. The van der Waals surface area contributed by atoms with E-state index in [9.17, 15) is 18.0 Å². The predicted octanol–water partition coefficient (Wildman–Crippen LogP) is 2.67. The largest absolute Gasteiger partial charge is 0.494 e. The molecule has 2 amide bonds. The lowest BCUT2D eigenvalue weighted by atomic mass is 10.2. The van der Waals surface area contributed by atoms with Crippen molar-refractivity contribution in [2.24, 2.45) is 5.10 Å². The molecule has 12 heteroatoms. The van der Waals surface area contributed by atoms with Crippen LogP contribution in [0.4, 0.5) is 5.69 Å². The quantitative estimate of drug-likeness (QED) is 0.258. The monoisotopic (exact) mass is 580 g/mol. The van der Waals surface area contributed by atoms with Gasteiger partial charge in [-0.25, -0.2) is 13.8 Å². The number of nitrogens with one attached hydrogen (secondary N) is 1. The van der Waals surface area contributed by atoms with Crippen LogP contribution in [0.25, 0.3) is 0 Å². The van der Waals surface area contributed by atoms with E-state index in [1.807, 2.05) is 6.92 Å². The molecule has 3 aromatic rings. The molecule has 1 N–H and O–H groups in total. The third-order valence-corrected chi connectivity index (χ3v) is 7.85. The minimum Gasteiger partial charge on any atom is -0.494 e. The summed E-state index contributed by atoms with van der Waals surface area (Å²) >= 11 is 0. The van der Waals surface area contributed by atoms with E-state index in [4.69, 9.17) is 14.2 Å².